The summed E-state index contributed by atoms with van der Waals surface area (Å²) in [5, 5.41) is 0. The van der Waals surface area contributed by atoms with Crippen molar-refractivity contribution < 1.29 is 23.7 Å². The Balaban J connectivity index is 1.55. The van der Waals surface area contributed by atoms with Crippen LogP contribution in [0.25, 0.3) is 6.08 Å². The molecule has 0 spiro atoms. The van der Waals surface area contributed by atoms with Gasteiger partial charge in [0.25, 0.3) is 5.56 Å². The van der Waals surface area contributed by atoms with Crippen LogP contribution in [-0.2, 0) is 16.1 Å². The van der Waals surface area contributed by atoms with Crippen LogP contribution in [0.15, 0.2) is 107 Å². The van der Waals surface area contributed by atoms with Gasteiger partial charge in [-0.2, -0.15) is 0 Å². The molecule has 2 heterocycles. The van der Waals surface area contributed by atoms with E-state index in [4.69, 9.17) is 18.9 Å². The molecule has 1 atom stereocenters. The Labute approximate surface area is 247 Å². The highest BCUT2D eigenvalue weighted by molar-refractivity contribution is 7.07. The van der Waals surface area contributed by atoms with Crippen molar-refractivity contribution in [2.75, 3.05) is 20.8 Å². The molecule has 0 N–H and O–H groups in total. The molecule has 1 aromatic heterocycles. The third-order valence-corrected chi connectivity index (χ3v) is 7.71. The average Bonchev–Trinajstić information content (AvgIpc) is 3.32. The molecule has 1 unspecified atom stereocenters. The van der Waals surface area contributed by atoms with Crippen LogP contribution in [0.5, 0.6) is 17.2 Å². The number of nitrogens with zero attached hydrogens (tertiary/aromatic N) is 2. The van der Waals surface area contributed by atoms with E-state index in [0.29, 0.717) is 44.5 Å². The van der Waals surface area contributed by atoms with Crippen molar-refractivity contribution in [3.63, 3.8) is 0 Å². The number of allylic oxidation sites excluding steroid dienone is 1. The van der Waals surface area contributed by atoms with Crippen LogP contribution in [0.3, 0.4) is 0 Å². The molecule has 9 heteroatoms. The van der Waals surface area contributed by atoms with Crippen LogP contribution in [0.1, 0.15) is 29.7 Å². The van der Waals surface area contributed by atoms with Crippen molar-refractivity contribution in [1.29, 1.82) is 0 Å². The fourth-order valence-electron chi connectivity index (χ4n) is 4.68. The van der Waals surface area contributed by atoms with E-state index in [0.717, 1.165) is 16.7 Å². The predicted molar refractivity (Wildman–Crippen MR) is 162 cm³/mol. The summed E-state index contributed by atoms with van der Waals surface area (Å²) in [7, 11) is 3.16. The number of carbonyl (C=O) groups is 1. The third kappa shape index (κ3) is 5.91. The molecule has 1 aliphatic rings. The molecule has 8 nitrogen and oxygen atoms in total. The lowest BCUT2D eigenvalue weighted by molar-refractivity contribution is -0.138. The molecule has 1 aliphatic heterocycles. The number of hydrogen-bond donors (Lipinski definition) is 0. The second-order valence-corrected chi connectivity index (χ2v) is 10.4. The van der Waals surface area contributed by atoms with Crippen molar-refractivity contribution >= 4 is 23.4 Å². The predicted octanol–water partition coefficient (Wildman–Crippen LogP) is 4.56. The number of fused-ring (bicyclic) bond motifs is 1. The van der Waals surface area contributed by atoms with E-state index >= 15 is 0 Å². The smallest absolute Gasteiger partial charge is 0.338 e. The first-order valence-corrected chi connectivity index (χ1v) is 14.0. The van der Waals surface area contributed by atoms with Crippen LogP contribution in [0.4, 0.5) is 0 Å². The molecule has 0 aliphatic carbocycles. The Morgan fingerprint density at radius 2 is 1.79 bits per heavy atom. The Kier molecular flexibility index (Phi) is 8.68. The lowest BCUT2D eigenvalue weighted by Gasteiger charge is -2.24. The zero-order chi connectivity index (χ0) is 29.6. The van der Waals surface area contributed by atoms with Gasteiger partial charge in [-0.3, -0.25) is 9.36 Å². The lowest BCUT2D eigenvalue weighted by Crippen LogP contribution is -2.39. The number of esters is 1. The van der Waals surface area contributed by atoms with Crippen LogP contribution in [0, 0.1) is 0 Å². The molecule has 0 bridgehead atoms. The summed E-state index contributed by atoms with van der Waals surface area (Å²) in [5.74, 6) is 1.25. The molecule has 5 rings (SSSR count). The van der Waals surface area contributed by atoms with Gasteiger partial charge in [0.15, 0.2) is 16.3 Å². The number of methoxy groups -OCH3 is 2. The quantitative estimate of drug-likeness (QED) is 0.201. The highest BCUT2D eigenvalue weighted by Gasteiger charge is 2.33. The third-order valence-electron chi connectivity index (χ3n) is 6.73. The van der Waals surface area contributed by atoms with E-state index in [9.17, 15) is 9.59 Å². The number of carbonyl (C=O) groups excluding carboxylic acids is 1. The number of rotatable bonds is 10. The van der Waals surface area contributed by atoms with Gasteiger partial charge < -0.3 is 18.9 Å². The van der Waals surface area contributed by atoms with Crippen LogP contribution < -0.4 is 29.1 Å². The summed E-state index contributed by atoms with van der Waals surface area (Å²) in [6, 6.07) is 21.9. The number of aromatic nitrogens is 1. The van der Waals surface area contributed by atoms with E-state index in [1.165, 1.54) is 17.4 Å². The van der Waals surface area contributed by atoms with E-state index in [1.54, 1.807) is 43.9 Å². The molecular formula is C33H30N2O6S. The van der Waals surface area contributed by atoms with Gasteiger partial charge in [0.1, 0.15) is 19.0 Å². The number of benzene rings is 3. The minimum Gasteiger partial charge on any atom is -0.497 e. The van der Waals surface area contributed by atoms with E-state index in [1.807, 2.05) is 60.7 Å². The molecule has 0 saturated heterocycles. The van der Waals surface area contributed by atoms with Crippen molar-refractivity contribution in [1.82, 2.24) is 4.57 Å². The van der Waals surface area contributed by atoms with Crippen molar-refractivity contribution in [3.8, 4) is 17.2 Å². The topological polar surface area (TPSA) is 88.4 Å². The summed E-state index contributed by atoms with van der Waals surface area (Å²) in [5.41, 5.74) is 3.03. The molecule has 4 aromatic rings. The number of ether oxygens (including phenoxy) is 4. The van der Waals surface area contributed by atoms with E-state index in [2.05, 4.69) is 11.6 Å². The van der Waals surface area contributed by atoms with Gasteiger partial charge in [-0.25, -0.2) is 9.79 Å². The van der Waals surface area contributed by atoms with Crippen molar-refractivity contribution in [2.45, 2.75) is 19.6 Å². The molecule has 42 heavy (non-hydrogen) atoms. The first-order chi connectivity index (χ1) is 20.4. The highest BCUT2D eigenvalue weighted by Crippen LogP contribution is 2.32. The SMILES string of the molecule is C=CCOC(=O)C1=C(C)N=c2s/c(=C/c3ccc(OCc4ccccc4)c(OC)c3)c(=O)n2C1c1ccc(OC)cc1. The number of thiazole rings is 1. The second-order valence-electron chi connectivity index (χ2n) is 9.43. The summed E-state index contributed by atoms with van der Waals surface area (Å²) in [6.45, 7) is 5.81. The first-order valence-electron chi connectivity index (χ1n) is 13.2. The van der Waals surface area contributed by atoms with Crippen LogP contribution >= 0.6 is 11.3 Å². The zero-order valence-electron chi connectivity index (χ0n) is 23.5. The standard InChI is InChI=1S/C33H30N2O6S/c1-5-17-40-32(37)29-21(2)34-33-35(30(29)24-12-14-25(38-3)15-13-24)31(36)28(42-33)19-23-11-16-26(27(18-23)39-4)41-20-22-9-7-6-8-10-22/h5-16,18-19,30H,1,17,20H2,2-4H3/b28-19+. The molecule has 3 aromatic carbocycles. The fourth-order valence-corrected chi connectivity index (χ4v) is 5.72. The normalized spacial score (nSPS) is 14.5. The first kappa shape index (κ1) is 28.6. The molecule has 0 radical (unpaired) electrons. The zero-order valence-corrected chi connectivity index (χ0v) is 24.4. The van der Waals surface area contributed by atoms with Crippen molar-refractivity contribution in [3.05, 3.63) is 133 Å². The fraction of sp³-hybridized carbons (Fsp3) is 0.182. The summed E-state index contributed by atoms with van der Waals surface area (Å²) in [4.78, 5) is 32.2. The van der Waals surface area contributed by atoms with Gasteiger partial charge in [0, 0.05) is 0 Å². The van der Waals surface area contributed by atoms with Gasteiger partial charge in [-0.1, -0.05) is 72.5 Å². The molecule has 0 saturated carbocycles. The Morgan fingerprint density at radius 3 is 2.48 bits per heavy atom. The average molecular weight is 583 g/mol. The van der Waals surface area contributed by atoms with Gasteiger partial charge in [0.2, 0.25) is 0 Å². The van der Waals surface area contributed by atoms with Crippen LogP contribution in [0.2, 0.25) is 0 Å². The summed E-state index contributed by atoms with van der Waals surface area (Å²) < 4.78 is 24.3. The lowest BCUT2D eigenvalue weighted by atomic mass is 9.96. The van der Waals surface area contributed by atoms with Gasteiger partial charge in [0.05, 0.1) is 36.1 Å². The van der Waals surface area contributed by atoms with Crippen LogP contribution in [-0.4, -0.2) is 31.4 Å². The maximum atomic E-state index is 13.9. The summed E-state index contributed by atoms with van der Waals surface area (Å²) >= 11 is 1.25. The largest absolute Gasteiger partial charge is 0.497 e. The maximum absolute atomic E-state index is 13.9. The van der Waals surface area contributed by atoms with Gasteiger partial charge >= 0.3 is 5.97 Å². The van der Waals surface area contributed by atoms with E-state index in [-0.39, 0.29) is 12.2 Å². The Morgan fingerprint density at radius 1 is 1.02 bits per heavy atom. The minimum absolute atomic E-state index is 0.0439. The monoisotopic (exact) mass is 582 g/mol. The number of hydrogen-bond acceptors (Lipinski definition) is 8. The van der Waals surface area contributed by atoms with Gasteiger partial charge in [-0.05, 0) is 54.0 Å². The van der Waals surface area contributed by atoms with Crippen molar-refractivity contribution in [2.24, 2.45) is 4.99 Å². The van der Waals surface area contributed by atoms with E-state index < -0.39 is 12.0 Å². The van der Waals surface area contributed by atoms with Gasteiger partial charge in [-0.15, -0.1) is 0 Å². The Hall–Kier alpha value is -4.89. The molecule has 214 valence electrons. The molecular weight excluding hydrogens is 552 g/mol. The second kappa shape index (κ2) is 12.7. The molecule has 0 amide bonds. The molecule has 0 fully saturated rings. The minimum atomic E-state index is -0.727. The highest BCUT2D eigenvalue weighted by atomic mass is 32.1. The maximum Gasteiger partial charge on any atom is 0.338 e. The summed E-state index contributed by atoms with van der Waals surface area (Å²) in [6.07, 6.45) is 3.28. The Bertz CT molecular complexity index is 1820.